The van der Waals surface area contributed by atoms with Crippen molar-refractivity contribution in [1.82, 2.24) is 4.90 Å². The zero-order valence-electron chi connectivity index (χ0n) is 19.4. The van der Waals surface area contributed by atoms with Gasteiger partial charge in [-0.05, 0) is 25.7 Å². The van der Waals surface area contributed by atoms with Crippen molar-refractivity contribution in [3.63, 3.8) is 0 Å². The van der Waals surface area contributed by atoms with Crippen molar-refractivity contribution in [1.29, 1.82) is 0 Å². The van der Waals surface area contributed by atoms with Crippen LogP contribution in [-0.2, 0) is 14.1 Å². The van der Waals surface area contributed by atoms with Crippen molar-refractivity contribution in [3.05, 3.63) is 0 Å². The Labute approximate surface area is 184 Å². The number of rotatable bonds is 17. The van der Waals surface area contributed by atoms with Gasteiger partial charge in [0.1, 0.15) is 0 Å². The Hall–Kier alpha value is -0.420. The minimum atomic E-state index is -3.83. The van der Waals surface area contributed by atoms with Gasteiger partial charge in [0.05, 0.1) is 13.2 Å². The van der Waals surface area contributed by atoms with Gasteiger partial charge in [0.25, 0.3) is 0 Å². The fourth-order valence-electron chi connectivity index (χ4n) is 4.49. The predicted molar refractivity (Wildman–Crippen MR) is 123 cm³/mol. The summed E-state index contributed by atoms with van der Waals surface area (Å²) in [7, 11) is -3.83. The molecule has 1 rings (SSSR count). The van der Waals surface area contributed by atoms with E-state index >= 15 is 0 Å². The molecule has 0 saturated carbocycles. The molecule has 0 aromatic heterocycles. The van der Waals surface area contributed by atoms with Gasteiger partial charge in [-0.2, -0.15) is 0 Å². The van der Waals surface area contributed by atoms with E-state index in [0.717, 1.165) is 96.6 Å². The van der Waals surface area contributed by atoms with Crippen molar-refractivity contribution >= 4 is 13.5 Å². The topological polar surface area (TPSA) is 87.1 Å². The summed E-state index contributed by atoms with van der Waals surface area (Å²) < 4.78 is 16.3. The van der Waals surface area contributed by atoms with Gasteiger partial charge in [-0.15, -0.1) is 0 Å². The summed E-state index contributed by atoms with van der Waals surface area (Å²) in [6.07, 6.45) is 14.5. The maximum Gasteiger partial charge on any atom is 0.325 e. The van der Waals surface area contributed by atoms with E-state index in [2.05, 4.69) is 18.7 Å². The summed E-state index contributed by atoms with van der Waals surface area (Å²) in [4.78, 5) is 33.4. The average molecular weight is 448 g/mol. The first kappa shape index (κ1) is 27.6. The number of hydrogen-bond donors (Lipinski definition) is 2. The van der Waals surface area contributed by atoms with E-state index in [1.807, 2.05) is 0 Å². The highest BCUT2D eigenvalue weighted by Gasteiger charge is 2.39. The molecule has 1 aliphatic heterocycles. The Kier molecular flexibility index (Phi) is 14.2. The van der Waals surface area contributed by atoms with Gasteiger partial charge >= 0.3 is 7.60 Å². The fraction of sp³-hybridized carbons (Fsp3) is 0.957. The lowest BCUT2D eigenvalue weighted by molar-refractivity contribution is -0.148. The smallest absolute Gasteiger partial charge is 0.325 e. The van der Waals surface area contributed by atoms with Crippen LogP contribution in [0.2, 0.25) is 0 Å². The molecule has 0 radical (unpaired) electrons. The molecule has 1 saturated heterocycles. The number of nitrogens with zero attached hydrogens (tertiary/aromatic N) is 1. The molecular weight excluding hydrogens is 401 g/mol. The van der Waals surface area contributed by atoms with Crippen LogP contribution in [0.25, 0.3) is 0 Å². The number of hydrogen-bond acceptors (Lipinski definition) is 3. The Morgan fingerprint density at radius 3 is 1.80 bits per heavy atom. The summed E-state index contributed by atoms with van der Waals surface area (Å²) in [5.41, 5.74) is -0.202. The van der Waals surface area contributed by atoms with E-state index in [9.17, 15) is 9.36 Å². The van der Waals surface area contributed by atoms with Gasteiger partial charge in [0.15, 0.2) is 0 Å². The molecule has 2 N–H and O–H groups in total. The van der Waals surface area contributed by atoms with E-state index in [-0.39, 0.29) is 11.6 Å². The number of amides is 1. The largest absolute Gasteiger partial charge is 0.378 e. The molecule has 1 heterocycles. The van der Waals surface area contributed by atoms with E-state index < -0.39 is 7.60 Å². The Bertz CT molecular complexity index is 494. The first-order chi connectivity index (χ1) is 14.3. The molecule has 0 unspecified atom stereocenters. The van der Waals surface area contributed by atoms with Gasteiger partial charge in [0.2, 0.25) is 5.91 Å². The number of unbranched alkanes of at least 4 members (excludes halogenated alkanes) is 8. The Morgan fingerprint density at radius 2 is 1.30 bits per heavy atom. The molecule has 1 aliphatic rings. The minimum Gasteiger partial charge on any atom is -0.378 e. The van der Waals surface area contributed by atoms with E-state index in [1.165, 1.54) is 0 Å². The molecule has 178 valence electrons. The van der Waals surface area contributed by atoms with Crippen molar-refractivity contribution in [2.45, 2.75) is 104 Å². The maximum absolute atomic E-state index is 13.6. The van der Waals surface area contributed by atoms with E-state index in [0.29, 0.717) is 25.5 Å². The lowest BCUT2D eigenvalue weighted by Gasteiger charge is -2.39. The third kappa shape index (κ3) is 11.3. The maximum atomic E-state index is 13.6. The average Bonchev–Trinajstić information content (AvgIpc) is 2.73. The standard InChI is InChI=1S/C23H46NO5P/c1-3-5-14-23(15-6-4-2,22(25)24-17-19-29-20-18-24)16-12-10-8-7-9-11-13-21-30(26,27)28/h3-21H2,1-2H3,(H2,26,27,28). The van der Waals surface area contributed by atoms with Crippen LogP contribution in [0, 0.1) is 5.41 Å². The molecule has 0 aliphatic carbocycles. The van der Waals surface area contributed by atoms with E-state index in [4.69, 9.17) is 14.5 Å². The molecule has 0 aromatic carbocycles. The third-order valence-corrected chi connectivity index (χ3v) is 7.27. The van der Waals surface area contributed by atoms with E-state index in [1.54, 1.807) is 0 Å². The fourth-order valence-corrected chi connectivity index (χ4v) is 5.13. The number of carbonyl (C=O) groups is 1. The molecule has 30 heavy (non-hydrogen) atoms. The highest BCUT2D eigenvalue weighted by atomic mass is 31.2. The molecule has 1 amide bonds. The van der Waals surface area contributed by atoms with Gasteiger partial charge < -0.3 is 19.4 Å². The Morgan fingerprint density at radius 1 is 0.833 bits per heavy atom. The van der Waals surface area contributed by atoms with Crippen LogP contribution in [-0.4, -0.2) is 53.1 Å². The highest BCUT2D eigenvalue weighted by Crippen LogP contribution is 2.39. The first-order valence-corrected chi connectivity index (χ1v) is 14.1. The molecule has 0 aromatic rings. The van der Waals surface area contributed by atoms with Gasteiger partial charge in [0, 0.05) is 24.7 Å². The second kappa shape index (κ2) is 15.4. The van der Waals surface area contributed by atoms with Crippen molar-refractivity contribution in [2.75, 3.05) is 32.5 Å². The van der Waals surface area contributed by atoms with Crippen LogP contribution in [0.15, 0.2) is 0 Å². The Balaban J connectivity index is 2.49. The van der Waals surface area contributed by atoms with Crippen LogP contribution < -0.4 is 0 Å². The second-order valence-electron chi connectivity index (χ2n) is 9.01. The third-order valence-electron chi connectivity index (χ3n) is 6.37. The van der Waals surface area contributed by atoms with Crippen LogP contribution in [0.1, 0.15) is 104 Å². The molecule has 1 fully saturated rings. The summed E-state index contributed by atoms with van der Waals surface area (Å²) in [6, 6.07) is 0. The lowest BCUT2D eigenvalue weighted by atomic mass is 9.73. The zero-order chi connectivity index (χ0) is 22.3. The molecule has 0 spiro atoms. The lowest BCUT2D eigenvalue weighted by Crippen LogP contribution is -2.49. The summed E-state index contributed by atoms with van der Waals surface area (Å²) in [5, 5.41) is 0. The summed E-state index contributed by atoms with van der Waals surface area (Å²) in [5.74, 6) is 0.366. The summed E-state index contributed by atoms with van der Waals surface area (Å²) in [6.45, 7) is 7.18. The predicted octanol–water partition coefficient (Wildman–Crippen LogP) is 5.51. The second-order valence-corrected chi connectivity index (χ2v) is 10.8. The highest BCUT2D eigenvalue weighted by molar-refractivity contribution is 7.51. The quantitative estimate of drug-likeness (QED) is 0.227. The van der Waals surface area contributed by atoms with Gasteiger partial charge in [-0.1, -0.05) is 78.1 Å². The van der Waals surface area contributed by atoms with Crippen LogP contribution in [0.5, 0.6) is 0 Å². The first-order valence-electron chi connectivity index (χ1n) is 12.3. The zero-order valence-corrected chi connectivity index (χ0v) is 20.3. The number of carbonyl (C=O) groups excluding carboxylic acids is 1. The van der Waals surface area contributed by atoms with Crippen molar-refractivity contribution < 1.29 is 23.9 Å². The van der Waals surface area contributed by atoms with Gasteiger partial charge in [-0.3, -0.25) is 9.36 Å². The van der Waals surface area contributed by atoms with Crippen LogP contribution >= 0.6 is 7.60 Å². The molecular formula is C23H46NO5P. The van der Waals surface area contributed by atoms with Gasteiger partial charge in [-0.25, -0.2) is 0 Å². The monoisotopic (exact) mass is 447 g/mol. The van der Waals surface area contributed by atoms with Crippen LogP contribution in [0.4, 0.5) is 0 Å². The normalized spacial score (nSPS) is 15.5. The summed E-state index contributed by atoms with van der Waals surface area (Å²) >= 11 is 0. The SMILES string of the molecule is CCCCC(CCCC)(CCCCCCCCCP(=O)(O)O)C(=O)N1CCOCC1. The van der Waals surface area contributed by atoms with Crippen molar-refractivity contribution in [3.8, 4) is 0 Å². The molecule has 6 nitrogen and oxygen atoms in total. The number of ether oxygens (including phenoxy) is 1. The molecule has 0 bridgehead atoms. The van der Waals surface area contributed by atoms with Crippen molar-refractivity contribution in [2.24, 2.45) is 5.41 Å². The minimum absolute atomic E-state index is 0.00796. The number of morpholine rings is 1. The van der Waals surface area contributed by atoms with Crippen LogP contribution in [0.3, 0.4) is 0 Å². The molecule has 7 heteroatoms. The molecule has 0 atom stereocenters.